The first-order valence-electron chi connectivity index (χ1n) is 10.8. The van der Waals surface area contributed by atoms with Crippen molar-refractivity contribution in [2.45, 2.75) is 58.2 Å². The second-order valence-corrected chi connectivity index (χ2v) is 8.06. The molecular weight excluding hydrogens is 491 g/mol. The second-order valence-electron chi connectivity index (χ2n) is 8.06. The molecule has 7 nitrogen and oxygen atoms in total. The smallest absolute Gasteiger partial charge is 0.191 e. The zero-order valence-corrected chi connectivity index (χ0v) is 20.2. The minimum atomic E-state index is 0. The highest BCUT2D eigenvalue weighted by Crippen LogP contribution is 2.34. The summed E-state index contributed by atoms with van der Waals surface area (Å²) in [5.74, 6) is 2.36. The van der Waals surface area contributed by atoms with E-state index in [9.17, 15) is 0 Å². The third-order valence-corrected chi connectivity index (χ3v) is 5.83. The minimum absolute atomic E-state index is 0. The van der Waals surface area contributed by atoms with Crippen LogP contribution in [0.2, 0.25) is 0 Å². The summed E-state index contributed by atoms with van der Waals surface area (Å²) in [6.45, 7) is 7.49. The summed E-state index contributed by atoms with van der Waals surface area (Å²) in [6, 6.07) is 9.05. The van der Waals surface area contributed by atoms with Gasteiger partial charge in [0, 0.05) is 38.1 Å². The lowest BCUT2D eigenvalue weighted by Gasteiger charge is -2.31. The Morgan fingerprint density at radius 2 is 2.10 bits per heavy atom. The number of fused-ring (bicyclic) bond motifs is 1. The molecule has 0 spiro atoms. The van der Waals surface area contributed by atoms with E-state index in [1.165, 1.54) is 11.1 Å². The van der Waals surface area contributed by atoms with Crippen LogP contribution in [0.25, 0.3) is 0 Å². The molecule has 0 radical (unpaired) electrons. The molecule has 1 saturated heterocycles. The predicted octanol–water partition coefficient (Wildman–Crippen LogP) is 3.24. The SMILES string of the molecule is CCNC(=NCC1CCCOC1c1ccc(C)cc1)NC1CCc2ncnn2C1.I. The average Bonchev–Trinajstić information content (AvgIpc) is 3.21. The second kappa shape index (κ2) is 11.1. The molecule has 164 valence electrons. The maximum atomic E-state index is 6.16. The number of aliphatic imine (C=N–C) groups is 1. The minimum Gasteiger partial charge on any atom is -0.373 e. The fraction of sp³-hybridized carbons (Fsp3) is 0.591. The highest BCUT2D eigenvalue weighted by molar-refractivity contribution is 14.0. The van der Waals surface area contributed by atoms with Gasteiger partial charge in [-0.25, -0.2) is 9.67 Å². The van der Waals surface area contributed by atoms with E-state index in [1.807, 2.05) is 4.68 Å². The molecule has 0 amide bonds. The summed E-state index contributed by atoms with van der Waals surface area (Å²) in [7, 11) is 0. The Kier molecular flexibility index (Phi) is 8.50. The third kappa shape index (κ3) is 5.72. The van der Waals surface area contributed by atoms with Gasteiger partial charge in [-0.15, -0.1) is 24.0 Å². The molecule has 2 aromatic rings. The molecule has 2 N–H and O–H groups in total. The van der Waals surface area contributed by atoms with Crippen molar-refractivity contribution < 1.29 is 4.74 Å². The Balaban J connectivity index is 0.00000256. The maximum absolute atomic E-state index is 6.16. The van der Waals surface area contributed by atoms with E-state index in [0.29, 0.717) is 12.0 Å². The van der Waals surface area contributed by atoms with Gasteiger partial charge < -0.3 is 15.4 Å². The van der Waals surface area contributed by atoms with E-state index in [-0.39, 0.29) is 30.1 Å². The Morgan fingerprint density at radius 1 is 1.27 bits per heavy atom. The fourth-order valence-electron chi connectivity index (χ4n) is 4.23. The van der Waals surface area contributed by atoms with Crippen LogP contribution in [-0.2, 0) is 17.7 Å². The highest BCUT2D eigenvalue weighted by Gasteiger charge is 2.27. The number of aryl methyl sites for hydroxylation is 2. The predicted molar refractivity (Wildman–Crippen MR) is 129 cm³/mol. The Hall–Kier alpha value is -1.68. The monoisotopic (exact) mass is 524 g/mol. The number of nitrogens with zero attached hydrogens (tertiary/aromatic N) is 4. The number of nitrogens with one attached hydrogen (secondary N) is 2. The largest absolute Gasteiger partial charge is 0.373 e. The summed E-state index contributed by atoms with van der Waals surface area (Å²) in [6.07, 6.45) is 6.01. The zero-order chi connectivity index (χ0) is 20.1. The van der Waals surface area contributed by atoms with E-state index >= 15 is 0 Å². The molecule has 2 aliphatic rings. The molecule has 4 rings (SSSR count). The van der Waals surface area contributed by atoms with Crippen molar-refractivity contribution in [3.63, 3.8) is 0 Å². The maximum Gasteiger partial charge on any atom is 0.191 e. The molecule has 2 aliphatic heterocycles. The van der Waals surface area contributed by atoms with Gasteiger partial charge in [-0.2, -0.15) is 5.10 Å². The Morgan fingerprint density at radius 3 is 2.90 bits per heavy atom. The molecule has 3 atom stereocenters. The van der Waals surface area contributed by atoms with Crippen LogP contribution in [0, 0.1) is 12.8 Å². The molecule has 3 heterocycles. The summed E-state index contributed by atoms with van der Waals surface area (Å²) in [5.41, 5.74) is 2.54. The average molecular weight is 524 g/mol. The third-order valence-electron chi connectivity index (χ3n) is 5.83. The number of rotatable bonds is 5. The van der Waals surface area contributed by atoms with Crippen LogP contribution in [0.5, 0.6) is 0 Å². The van der Waals surface area contributed by atoms with E-state index in [2.05, 4.69) is 58.8 Å². The van der Waals surface area contributed by atoms with Crippen LogP contribution in [0.1, 0.15) is 49.2 Å². The van der Waals surface area contributed by atoms with Crippen LogP contribution >= 0.6 is 24.0 Å². The molecule has 8 heteroatoms. The van der Waals surface area contributed by atoms with Crippen molar-refractivity contribution in [1.29, 1.82) is 0 Å². The number of halogens is 1. The number of guanidine groups is 1. The van der Waals surface area contributed by atoms with Crippen LogP contribution < -0.4 is 10.6 Å². The van der Waals surface area contributed by atoms with Gasteiger partial charge in [0.05, 0.1) is 12.6 Å². The van der Waals surface area contributed by atoms with E-state index in [1.54, 1.807) is 6.33 Å². The van der Waals surface area contributed by atoms with Gasteiger partial charge in [0.2, 0.25) is 0 Å². The van der Waals surface area contributed by atoms with Gasteiger partial charge in [0.15, 0.2) is 5.96 Å². The summed E-state index contributed by atoms with van der Waals surface area (Å²) >= 11 is 0. The zero-order valence-electron chi connectivity index (χ0n) is 17.9. The lowest BCUT2D eigenvalue weighted by Crippen LogP contribution is -2.47. The van der Waals surface area contributed by atoms with Gasteiger partial charge in [0.25, 0.3) is 0 Å². The molecule has 30 heavy (non-hydrogen) atoms. The lowest BCUT2D eigenvalue weighted by atomic mass is 9.89. The van der Waals surface area contributed by atoms with Gasteiger partial charge >= 0.3 is 0 Å². The molecule has 1 aromatic carbocycles. The first kappa shape index (κ1) is 23.0. The van der Waals surface area contributed by atoms with Crippen LogP contribution in [-0.4, -0.2) is 46.5 Å². The van der Waals surface area contributed by atoms with Crippen molar-refractivity contribution in [3.8, 4) is 0 Å². The van der Waals surface area contributed by atoms with Gasteiger partial charge in [0.1, 0.15) is 12.2 Å². The molecule has 3 unspecified atom stereocenters. The van der Waals surface area contributed by atoms with Gasteiger partial charge in [-0.3, -0.25) is 4.99 Å². The molecule has 0 bridgehead atoms. The van der Waals surface area contributed by atoms with Crippen molar-refractivity contribution in [2.75, 3.05) is 19.7 Å². The first-order valence-corrected chi connectivity index (χ1v) is 10.8. The lowest BCUT2D eigenvalue weighted by molar-refractivity contribution is -0.0250. The molecular formula is C22H33IN6O. The summed E-state index contributed by atoms with van der Waals surface area (Å²) in [4.78, 5) is 9.25. The number of benzene rings is 1. The van der Waals surface area contributed by atoms with E-state index < -0.39 is 0 Å². The first-order chi connectivity index (χ1) is 14.2. The topological polar surface area (TPSA) is 76.4 Å². The van der Waals surface area contributed by atoms with Crippen molar-refractivity contribution in [3.05, 3.63) is 47.5 Å². The van der Waals surface area contributed by atoms with Crippen LogP contribution in [0.4, 0.5) is 0 Å². The van der Waals surface area contributed by atoms with Crippen molar-refractivity contribution in [2.24, 2.45) is 10.9 Å². The van der Waals surface area contributed by atoms with Crippen molar-refractivity contribution >= 4 is 29.9 Å². The summed E-state index contributed by atoms with van der Waals surface area (Å²) < 4.78 is 8.15. The number of hydrogen-bond acceptors (Lipinski definition) is 4. The highest BCUT2D eigenvalue weighted by atomic mass is 127. The number of ether oxygens (including phenoxy) is 1. The molecule has 1 aromatic heterocycles. The Bertz CT molecular complexity index is 821. The fourth-order valence-corrected chi connectivity index (χ4v) is 4.23. The quantitative estimate of drug-likeness (QED) is 0.357. The van der Waals surface area contributed by atoms with E-state index in [0.717, 1.165) is 63.7 Å². The normalized spacial score (nSPS) is 23.9. The standard InChI is InChI=1S/C22H32N6O.HI/c1-3-23-22(27-19-10-11-20-25-15-26-28(20)14-19)24-13-18-5-4-12-29-21(18)17-8-6-16(2)7-9-17;/h6-9,15,18-19,21H,3-5,10-14H2,1-2H3,(H2,23,24,27);1H. The molecule has 1 fully saturated rings. The molecule has 0 aliphatic carbocycles. The number of aromatic nitrogens is 3. The van der Waals surface area contributed by atoms with Gasteiger partial charge in [-0.05, 0) is 38.7 Å². The van der Waals surface area contributed by atoms with E-state index in [4.69, 9.17) is 9.73 Å². The Labute approximate surface area is 196 Å². The molecule has 0 saturated carbocycles. The summed E-state index contributed by atoms with van der Waals surface area (Å²) in [5, 5.41) is 11.3. The van der Waals surface area contributed by atoms with Crippen LogP contribution in [0.3, 0.4) is 0 Å². The number of hydrogen-bond donors (Lipinski definition) is 2. The van der Waals surface area contributed by atoms with Gasteiger partial charge in [-0.1, -0.05) is 29.8 Å². The van der Waals surface area contributed by atoms with Crippen molar-refractivity contribution in [1.82, 2.24) is 25.4 Å². The van der Waals surface area contributed by atoms with Crippen LogP contribution in [0.15, 0.2) is 35.6 Å².